The van der Waals surface area contributed by atoms with E-state index in [1.807, 2.05) is 0 Å². The van der Waals surface area contributed by atoms with E-state index in [2.05, 4.69) is 273 Å². The Kier molecular flexibility index (Phi) is 12.1. The number of hydrogen-bond donors (Lipinski definition) is 0. The average molecular weight is 1040 g/mol. The summed E-state index contributed by atoms with van der Waals surface area (Å²) in [6.07, 6.45) is 8.35. The predicted molar refractivity (Wildman–Crippen MR) is 343 cm³/mol. The van der Waals surface area contributed by atoms with Crippen LogP contribution in [-0.4, -0.2) is 12.3 Å². The third-order valence-electron chi connectivity index (χ3n) is 20.5. The Hall–Kier alpha value is -6.00. The molecule has 0 amide bonds. The van der Waals surface area contributed by atoms with Gasteiger partial charge in [0, 0.05) is 50.8 Å². The van der Waals surface area contributed by atoms with Crippen LogP contribution in [0.4, 0.5) is 45.5 Å². The number of anilines is 8. The van der Waals surface area contributed by atoms with E-state index in [9.17, 15) is 0 Å². The summed E-state index contributed by atoms with van der Waals surface area (Å²) in [5.41, 5.74) is 26.6. The fraction of sp³-hybridized carbons (Fsp3) is 0.440. The van der Waals surface area contributed by atoms with Gasteiger partial charge in [0.05, 0.1) is 11.2 Å². The van der Waals surface area contributed by atoms with Gasteiger partial charge in [-0.3, -0.25) is 0 Å². The Bertz CT molecular complexity index is 3570. The summed E-state index contributed by atoms with van der Waals surface area (Å²) in [5.74, 6) is 0. The molecule has 0 saturated heterocycles. The quantitative estimate of drug-likeness (QED) is 0.163. The van der Waals surface area contributed by atoms with E-state index < -0.39 is 0 Å². The van der Waals surface area contributed by atoms with Crippen molar-refractivity contribution in [2.24, 2.45) is 0 Å². The van der Waals surface area contributed by atoms with Crippen molar-refractivity contribution in [1.29, 1.82) is 0 Å². The van der Waals surface area contributed by atoms with Crippen molar-refractivity contribution in [2.45, 2.75) is 213 Å². The van der Waals surface area contributed by atoms with E-state index in [-0.39, 0.29) is 50.2 Å². The highest BCUT2D eigenvalue weighted by Crippen LogP contribution is 2.62. The van der Waals surface area contributed by atoms with Crippen molar-refractivity contribution in [1.82, 2.24) is 0 Å². The first kappa shape index (κ1) is 53.6. The first-order valence-electron chi connectivity index (χ1n) is 30.3. The largest absolute Gasteiger partial charge is 0.334 e. The molecule has 2 atom stereocenters. The summed E-state index contributed by atoms with van der Waals surface area (Å²) >= 11 is 0. The molecule has 5 aliphatic rings. The lowest BCUT2D eigenvalue weighted by Crippen LogP contribution is -2.62. The van der Waals surface area contributed by atoms with Gasteiger partial charge in [-0.1, -0.05) is 216 Å². The van der Waals surface area contributed by atoms with Crippen LogP contribution in [0, 0.1) is 0 Å². The van der Waals surface area contributed by atoms with Crippen molar-refractivity contribution >= 4 is 68.6 Å². The zero-order valence-electron chi connectivity index (χ0n) is 51.6. The van der Waals surface area contributed by atoms with Crippen LogP contribution in [0.1, 0.15) is 209 Å². The molecular weight excluding hydrogens is 954 g/mol. The third kappa shape index (κ3) is 8.40. The van der Waals surface area contributed by atoms with Crippen LogP contribution in [0.3, 0.4) is 0 Å². The monoisotopic (exact) mass is 1040 g/mol. The fourth-order valence-electron chi connectivity index (χ4n) is 15.1. The zero-order valence-corrected chi connectivity index (χ0v) is 51.6. The molecule has 1 saturated carbocycles. The maximum Gasteiger partial charge on any atom is 0.252 e. The molecule has 0 aromatic heterocycles. The topological polar surface area (TPSA) is 9.72 Å². The van der Waals surface area contributed by atoms with E-state index in [4.69, 9.17) is 0 Å². The van der Waals surface area contributed by atoms with Gasteiger partial charge < -0.3 is 14.7 Å². The van der Waals surface area contributed by atoms with E-state index in [0.717, 1.165) is 19.3 Å². The van der Waals surface area contributed by atoms with Gasteiger partial charge in [-0.05, 0) is 181 Å². The van der Waals surface area contributed by atoms with E-state index in [1.165, 1.54) is 138 Å². The molecule has 12 rings (SSSR count). The lowest BCUT2D eigenvalue weighted by Gasteiger charge is -2.49. The molecule has 4 heteroatoms. The molecule has 3 heterocycles. The van der Waals surface area contributed by atoms with Crippen molar-refractivity contribution in [3.8, 4) is 11.1 Å². The minimum Gasteiger partial charge on any atom is -0.334 e. The summed E-state index contributed by atoms with van der Waals surface area (Å²) in [6.45, 7) is 43.7. The van der Waals surface area contributed by atoms with Crippen molar-refractivity contribution < 1.29 is 0 Å². The number of nitrogens with zero attached hydrogens (tertiary/aromatic N) is 3. The van der Waals surface area contributed by atoms with Crippen molar-refractivity contribution in [2.75, 3.05) is 14.7 Å². The summed E-state index contributed by atoms with van der Waals surface area (Å²) in [5, 5.41) is 0. The van der Waals surface area contributed by atoms with Crippen LogP contribution >= 0.6 is 0 Å². The van der Waals surface area contributed by atoms with Crippen LogP contribution in [-0.2, 0) is 37.9 Å². The SMILES string of the molecule is CC(C)(C)c1ccc(N2c3ccc(C(C)(C)C)cc3B3c4cc5c(cc4N(c4ccc(C(C)(C)C)cc4-c4ccccc4)c4cc(N6c7ccc(C(C)(C)C)cc7C7(C)CCCCCC67C)cc2c43)C(C)(C)CCC5(C)C)cc1. The molecule has 7 aromatic carbocycles. The number of hydrogen-bond acceptors (Lipinski definition) is 3. The Labute approximate surface area is 477 Å². The summed E-state index contributed by atoms with van der Waals surface area (Å²) in [6, 6.07) is 54.2. The average Bonchev–Trinajstić information content (AvgIpc) is 2.73. The normalized spacial score (nSPS) is 21.1. The predicted octanol–water partition coefficient (Wildman–Crippen LogP) is 19.1. The molecule has 3 nitrogen and oxygen atoms in total. The summed E-state index contributed by atoms with van der Waals surface area (Å²) < 4.78 is 0. The second-order valence-corrected chi connectivity index (χ2v) is 30.9. The van der Waals surface area contributed by atoms with Crippen LogP contribution in [0.2, 0.25) is 0 Å². The van der Waals surface area contributed by atoms with Gasteiger partial charge >= 0.3 is 0 Å². The second-order valence-electron chi connectivity index (χ2n) is 30.9. The maximum atomic E-state index is 2.87. The van der Waals surface area contributed by atoms with Crippen LogP contribution < -0.4 is 31.1 Å². The smallest absolute Gasteiger partial charge is 0.252 e. The highest BCUT2D eigenvalue weighted by molar-refractivity contribution is 7.00. The number of benzene rings is 7. The van der Waals surface area contributed by atoms with Crippen molar-refractivity contribution in [3.63, 3.8) is 0 Å². The molecular formula is C75H90BN3. The van der Waals surface area contributed by atoms with E-state index in [1.54, 1.807) is 0 Å². The van der Waals surface area contributed by atoms with Crippen molar-refractivity contribution in [3.05, 3.63) is 172 Å². The van der Waals surface area contributed by atoms with Gasteiger partial charge in [0.1, 0.15) is 0 Å². The Morgan fingerprint density at radius 3 is 1.49 bits per heavy atom. The van der Waals surface area contributed by atoms with Crippen LogP contribution in [0.25, 0.3) is 11.1 Å². The zero-order chi connectivity index (χ0) is 56.4. The molecule has 3 aliphatic heterocycles. The highest BCUT2D eigenvalue weighted by Gasteiger charge is 2.58. The molecule has 2 aliphatic carbocycles. The van der Waals surface area contributed by atoms with E-state index in [0.29, 0.717) is 0 Å². The maximum absolute atomic E-state index is 2.87. The number of fused-ring (bicyclic) bond motifs is 8. The molecule has 79 heavy (non-hydrogen) atoms. The molecule has 0 N–H and O–H groups in total. The molecule has 0 bridgehead atoms. The molecule has 7 aromatic rings. The highest BCUT2D eigenvalue weighted by atomic mass is 15.3. The molecule has 1 fully saturated rings. The molecule has 408 valence electrons. The Morgan fingerprint density at radius 1 is 0.380 bits per heavy atom. The standard InChI is InChI=1S/C75H90BN3/c1-68(2,3)49-27-32-53(33-28-49)77-63-36-31-52(71(10,11)12)43-59(63)76-60-46-56-57(73(15,16)40-39-72(56,13)14)47-64(60)78(61-34-29-50(69(4,5)6)41-55(61)48-25-21-19-22-26-48)66-45-54(44-65(77)67(66)76)79-62-35-30-51(70(7,8)9)42-58(62)74(17)37-23-20-24-38-75(74,79)18/h19,21-22,25-36,41-47H,20,23-24,37-40H2,1-18H3. The lowest BCUT2D eigenvalue weighted by atomic mass is 9.33. The molecule has 2 unspecified atom stereocenters. The van der Waals surface area contributed by atoms with Gasteiger partial charge in [0.15, 0.2) is 0 Å². The third-order valence-corrected chi connectivity index (χ3v) is 20.5. The molecule has 0 spiro atoms. The number of rotatable bonds is 4. The van der Waals surface area contributed by atoms with Gasteiger partial charge in [-0.2, -0.15) is 0 Å². The fourth-order valence-corrected chi connectivity index (χ4v) is 15.1. The first-order valence-corrected chi connectivity index (χ1v) is 30.3. The van der Waals surface area contributed by atoms with Crippen LogP contribution in [0.15, 0.2) is 133 Å². The first-order chi connectivity index (χ1) is 36.9. The van der Waals surface area contributed by atoms with Gasteiger partial charge in [-0.25, -0.2) is 0 Å². The summed E-state index contributed by atoms with van der Waals surface area (Å²) in [7, 11) is 0. The molecule has 0 radical (unpaired) electrons. The van der Waals surface area contributed by atoms with Gasteiger partial charge in [-0.15, -0.1) is 0 Å². The second kappa shape index (κ2) is 17.8. The van der Waals surface area contributed by atoms with Crippen LogP contribution in [0.5, 0.6) is 0 Å². The Balaban J connectivity index is 1.26. The summed E-state index contributed by atoms with van der Waals surface area (Å²) in [4.78, 5) is 8.32. The minimum absolute atomic E-state index is 0.000787. The Morgan fingerprint density at radius 2 is 0.886 bits per heavy atom. The van der Waals surface area contributed by atoms with E-state index >= 15 is 0 Å². The van der Waals surface area contributed by atoms with Gasteiger partial charge in [0.25, 0.3) is 6.71 Å². The lowest BCUT2D eigenvalue weighted by molar-refractivity contribution is 0.261. The minimum atomic E-state index is -0.175. The van der Waals surface area contributed by atoms with Gasteiger partial charge in [0.2, 0.25) is 0 Å².